The number of methoxy groups -OCH3 is 4. The van der Waals surface area contributed by atoms with Crippen LogP contribution in [0.25, 0.3) is 0 Å². The molecule has 2 rings (SSSR count). The van der Waals surface area contributed by atoms with E-state index in [0.717, 1.165) is 23.5 Å². The van der Waals surface area contributed by atoms with Crippen LogP contribution in [0.5, 0.6) is 28.7 Å². The quantitative estimate of drug-likeness (QED) is 0.418. The van der Waals surface area contributed by atoms with E-state index in [9.17, 15) is 0 Å². The first-order valence-electron chi connectivity index (χ1n) is 10.1. The first-order chi connectivity index (χ1) is 15.1. The SMILES string of the molecule is CN=C(NCCc1ccc(OC)c(OC)c1OC)NCC(C)Oc1cccc(OC)c1. The monoisotopic (exact) mass is 431 g/mol. The maximum Gasteiger partial charge on any atom is 0.203 e. The van der Waals surface area contributed by atoms with Gasteiger partial charge in [-0.15, -0.1) is 0 Å². The molecule has 0 fully saturated rings. The van der Waals surface area contributed by atoms with E-state index in [-0.39, 0.29) is 6.10 Å². The minimum Gasteiger partial charge on any atom is -0.497 e. The first kappa shape index (κ1) is 24.0. The molecule has 0 spiro atoms. The molecular weight excluding hydrogens is 398 g/mol. The van der Waals surface area contributed by atoms with Gasteiger partial charge in [-0.3, -0.25) is 4.99 Å². The van der Waals surface area contributed by atoms with Crippen LogP contribution in [0.1, 0.15) is 12.5 Å². The summed E-state index contributed by atoms with van der Waals surface area (Å²) in [4.78, 5) is 4.27. The fourth-order valence-electron chi connectivity index (χ4n) is 3.09. The van der Waals surface area contributed by atoms with Crippen LogP contribution >= 0.6 is 0 Å². The van der Waals surface area contributed by atoms with Gasteiger partial charge in [0.1, 0.15) is 17.6 Å². The third kappa shape index (κ3) is 6.87. The predicted octanol–water partition coefficient (Wildman–Crippen LogP) is 2.90. The predicted molar refractivity (Wildman–Crippen MR) is 122 cm³/mol. The summed E-state index contributed by atoms with van der Waals surface area (Å²) in [7, 11) is 8.20. The summed E-state index contributed by atoms with van der Waals surface area (Å²) in [5.41, 5.74) is 1.01. The van der Waals surface area contributed by atoms with Crippen LogP contribution in [-0.4, -0.2) is 60.6 Å². The molecule has 1 atom stereocenters. The van der Waals surface area contributed by atoms with Crippen molar-refractivity contribution in [1.29, 1.82) is 0 Å². The molecule has 0 aliphatic rings. The van der Waals surface area contributed by atoms with Crippen LogP contribution < -0.4 is 34.3 Å². The van der Waals surface area contributed by atoms with E-state index in [1.807, 2.05) is 43.3 Å². The molecule has 1 unspecified atom stereocenters. The zero-order chi connectivity index (χ0) is 22.6. The fourth-order valence-corrected chi connectivity index (χ4v) is 3.09. The van der Waals surface area contributed by atoms with Crippen LogP contribution in [0.15, 0.2) is 41.4 Å². The smallest absolute Gasteiger partial charge is 0.203 e. The van der Waals surface area contributed by atoms with Crippen molar-refractivity contribution in [3.8, 4) is 28.7 Å². The second-order valence-corrected chi connectivity index (χ2v) is 6.73. The number of hydrogen-bond donors (Lipinski definition) is 2. The lowest BCUT2D eigenvalue weighted by Gasteiger charge is -2.19. The number of nitrogens with zero attached hydrogens (tertiary/aromatic N) is 1. The average molecular weight is 432 g/mol. The average Bonchev–Trinajstić information content (AvgIpc) is 2.80. The fraction of sp³-hybridized carbons (Fsp3) is 0.435. The maximum atomic E-state index is 5.94. The van der Waals surface area contributed by atoms with E-state index in [2.05, 4.69) is 15.6 Å². The van der Waals surface area contributed by atoms with Crippen LogP contribution in [0.3, 0.4) is 0 Å². The lowest BCUT2D eigenvalue weighted by Crippen LogP contribution is -2.42. The Hall–Kier alpha value is -3.29. The van der Waals surface area contributed by atoms with Gasteiger partial charge in [0.15, 0.2) is 17.5 Å². The summed E-state index contributed by atoms with van der Waals surface area (Å²) >= 11 is 0. The van der Waals surface area contributed by atoms with Crippen molar-refractivity contribution in [3.05, 3.63) is 42.0 Å². The molecule has 8 nitrogen and oxygen atoms in total. The summed E-state index contributed by atoms with van der Waals surface area (Å²) in [5, 5.41) is 6.59. The molecule has 31 heavy (non-hydrogen) atoms. The number of rotatable bonds is 11. The van der Waals surface area contributed by atoms with E-state index in [4.69, 9.17) is 23.7 Å². The number of ether oxygens (including phenoxy) is 5. The van der Waals surface area contributed by atoms with Crippen molar-refractivity contribution < 1.29 is 23.7 Å². The molecular formula is C23H33N3O5. The van der Waals surface area contributed by atoms with Crippen LogP contribution in [0.4, 0.5) is 0 Å². The first-order valence-corrected chi connectivity index (χ1v) is 10.1. The second kappa shape index (κ2) is 12.4. The summed E-state index contributed by atoms with van der Waals surface area (Å²) in [6.45, 7) is 3.25. The van der Waals surface area contributed by atoms with Crippen molar-refractivity contribution in [2.24, 2.45) is 4.99 Å². The Balaban J connectivity index is 1.86. The Morgan fingerprint density at radius 2 is 1.65 bits per heavy atom. The molecule has 0 radical (unpaired) electrons. The van der Waals surface area contributed by atoms with Gasteiger partial charge in [-0.25, -0.2) is 0 Å². The third-order valence-electron chi connectivity index (χ3n) is 4.63. The number of guanidine groups is 1. The lowest BCUT2D eigenvalue weighted by atomic mass is 10.1. The molecule has 0 heterocycles. The third-order valence-corrected chi connectivity index (χ3v) is 4.63. The van der Waals surface area contributed by atoms with Gasteiger partial charge < -0.3 is 34.3 Å². The van der Waals surface area contributed by atoms with E-state index >= 15 is 0 Å². The highest BCUT2D eigenvalue weighted by atomic mass is 16.5. The molecule has 2 aromatic rings. The zero-order valence-electron chi connectivity index (χ0n) is 19.2. The number of nitrogens with one attached hydrogen (secondary N) is 2. The molecule has 8 heteroatoms. The van der Waals surface area contributed by atoms with Crippen molar-refractivity contribution in [3.63, 3.8) is 0 Å². The van der Waals surface area contributed by atoms with Gasteiger partial charge in [0, 0.05) is 25.2 Å². The van der Waals surface area contributed by atoms with E-state index in [0.29, 0.717) is 36.3 Å². The standard InChI is InChI=1S/C23H33N3O5/c1-16(31-19-9-7-8-18(14-19)27-3)15-26-23(24-2)25-13-12-17-10-11-20(28-4)22(30-6)21(17)29-5/h7-11,14,16H,12-13,15H2,1-6H3,(H2,24,25,26). The summed E-state index contributed by atoms with van der Waals surface area (Å²) < 4.78 is 27.5. The molecule has 0 aliphatic heterocycles. The Bertz CT molecular complexity index is 857. The Morgan fingerprint density at radius 1 is 0.903 bits per heavy atom. The molecule has 170 valence electrons. The second-order valence-electron chi connectivity index (χ2n) is 6.73. The Morgan fingerprint density at radius 3 is 2.29 bits per heavy atom. The number of benzene rings is 2. The molecule has 2 N–H and O–H groups in total. The molecule has 2 aromatic carbocycles. The van der Waals surface area contributed by atoms with Gasteiger partial charge >= 0.3 is 0 Å². The largest absolute Gasteiger partial charge is 0.497 e. The summed E-state index contributed by atoms with van der Waals surface area (Å²) in [5.74, 6) is 4.12. The topological polar surface area (TPSA) is 82.6 Å². The lowest BCUT2D eigenvalue weighted by molar-refractivity contribution is 0.223. The molecule has 0 amide bonds. The summed E-state index contributed by atoms with van der Waals surface area (Å²) in [6.07, 6.45) is 0.664. The van der Waals surface area contributed by atoms with Crippen molar-refractivity contribution >= 4 is 5.96 Å². The van der Waals surface area contributed by atoms with Crippen LogP contribution in [0, 0.1) is 0 Å². The molecule has 0 bridgehead atoms. The number of hydrogen-bond acceptors (Lipinski definition) is 6. The van der Waals surface area contributed by atoms with Crippen LogP contribution in [0.2, 0.25) is 0 Å². The number of aliphatic imine (C=N–C) groups is 1. The van der Waals surface area contributed by atoms with Gasteiger partial charge in [0.05, 0.1) is 35.0 Å². The van der Waals surface area contributed by atoms with Crippen molar-refractivity contribution in [2.75, 3.05) is 48.6 Å². The van der Waals surface area contributed by atoms with Gasteiger partial charge in [0.25, 0.3) is 0 Å². The van der Waals surface area contributed by atoms with E-state index in [1.54, 1.807) is 35.5 Å². The minimum atomic E-state index is -0.0587. The van der Waals surface area contributed by atoms with Gasteiger partial charge in [0.2, 0.25) is 5.75 Å². The summed E-state index contributed by atoms with van der Waals surface area (Å²) in [6, 6.07) is 11.4. The highest BCUT2D eigenvalue weighted by Crippen LogP contribution is 2.39. The molecule has 0 saturated heterocycles. The van der Waals surface area contributed by atoms with Gasteiger partial charge in [-0.2, -0.15) is 0 Å². The zero-order valence-corrected chi connectivity index (χ0v) is 19.2. The molecule has 0 aliphatic carbocycles. The van der Waals surface area contributed by atoms with E-state index < -0.39 is 0 Å². The maximum absolute atomic E-state index is 5.94. The van der Waals surface area contributed by atoms with E-state index in [1.165, 1.54) is 0 Å². The van der Waals surface area contributed by atoms with Gasteiger partial charge in [-0.1, -0.05) is 12.1 Å². The Labute approximate surface area is 184 Å². The minimum absolute atomic E-state index is 0.0587. The van der Waals surface area contributed by atoms with Gasteiger partial charge in [-0.05, 0) is 31.5 Å². The normalized spacial score (nSPS) is 12.0. The highest BCUT2D eigenvalue weighted by Gasteiger charge is 2.15. The molecule has 0 saturated carbocycles. The molecule has 0 aromatic heterocycles. The Kier molecular flexibility index (Phi) is 9.61. The van der Waals surface area contributed by atoms with Crippen molar-refractivity contribution in [1.82, 2.24) is 10.6 Å². The van der Waals surface area contributed by atoms with Crippen LogP contribution in [-0.2, 0) is 6.42 Å². The van der Waals surface area contributed by atoms with Crippen molar-refractivity contribution in [2.45, 2.75) is 19.4 Å². The highest BCUT2D eigenvalue weighted by molar-refractivity contribution is 5.79.